The third-order valence-corrected chi connectivity index (χ3v) is 8.75. The second-order valence-corrected chi connectivity index (χ2v) is 11.5. The fourth-order valence-corrected chi connectivity index (χ4v) is 6.32. The zero-order valence-electron chi connectivity index (χ0n) is 22.2. The molecule has 1 saturated heterocycles. The van der Waals surface area contributed by atoms with Gasteiger partial charge in [-0.1, -0.05) is 11.6 Å². The monoisotopic (exact) mass is 578 g/mol. The lowest BCUT2D eigenvalue weighted by Crippen LogP contribution is -2.54. The molecule has 1 fully saturated rings. The molecule has 1 aromatic heterocycles. The van der Waals surface area contributed by atoms with Crippen LogP contribution in [0.15, 0.2) is 53.8 Å². The Hall–Kier alpha value is -3.19. The maximum absolute atomic E-state index is 15.6. The molecule has 1 aliphatic rings. The molecule has 39 heavy (non-hydrogen) atoms. The van der Waals surface area contributed by atoms with Gasteiger partial charge in [-0.05, 0) is 51.3 Å². The van der Waals surface area contributed by atoms with Crippen molar-refractivity contribution in [3.8, 4) is 11.5 Å². The van der Waals surface area contributed by atoms with Crippen LogP contribution in [0.2, 0.25) is 5.02 Å². The van der Waals surface area contributed by atoms with E-state index in [-0.39, 0.29) is 29.5 Å². The summed E-state index contributed by atoms with van der Waals surface area (Å²) < 4.78 is 55.2. The first-order chi connectivity index (χ1) is 18.6. The molecule has 210 valence electrons. The fraction of sp³-hybridized carbons (Fsp3) is 0.385. The Morgan fingerprint density at radius 1 is 1.18 bits per heavy atom. The van der Waals surface area contributed by atoms with Crippen molar-refractivity contribution in [3.63, 3.8) is 0 Å². The molecule has 0 unspecified atom stereocenters. The van der Waals surface area contributed by atoms with Crippen molar-refractivity contribution in [2.75, 3.05) is 51.0 Å². The van der Waals surface area contributed by atoms with Gasteiger partial charge in [-0.2, -0.15) is 0 Å². The van der Waals surface area contributed by atoms with E-state index in [1.807, 2.05) is 14.1 Å². The van der Waals surface area contributed by atoms with E-state index in [4.69, 9.17) is 21.1 Å². The van der Waals surface area contributed by atoms with Gasteiger partial charge in [0, 0.05) is 42.5 Å². The number of nitrogens with one attached hydrogen (secondary N) is 2. The first-order valence-corrected chi connectivity index (χ1v) is 14.1. The molecule has 2 N–H and O–H groups in total. The summed E-state index contributed by atoms with van der Waals surface area (Å²) in [7, 11) is 2.47. The van der Waals surface area contributed by atoms with Gasteiger partial charge in [-0.3, -0.25) is 0 Å². The lowest BCUT2D eigenvalue weighted by Gasteiger charge is -2.37. The number of methoxy groups -OCH3 is 2. The largest absolute Gasteiger partial charge is 0.497 e. The van der Waals surface area contributed by atoms with Gasteiger partial charge in [0.1, 0.15) is 34.4 Å². The number of hydrogen-bond acceptors (Lipinski definition) is 9. The Morgan fingerprint density at radius 2 is 1.97 bits per heavy atom. The highest BCUT2D eigenvalue weighted by Gasteiger charge is 2.32. The van der Waals surface area contributed by atoms with Gasteiger partial charge in [0.15, 0.2) is 0 Å². The number of likely N-dealkylation sites (N-methyl/N-ethyl adjacent to an activating group) is 1. The second kappa shape index (κ2) is 12.3. The van der Waals surface area contributed by atoms with E-state index < -0.39 is 20.7 Å². The molecule has 10 nitrogen and oxygen atoms in total. The number of anilines is 2. The highest BCUT2D eigenvalue weighted by Crippen LogP contribution is 2.34. The molecule has 13 heteroatoms. The molecule has 2 aromatic carbocycles. The summed E-state index contributed by atoms with van der Waals surface area (Å²) in [5.41, 5.74) is 0.850. The molecule has 0 spiro atoms. The van der Waals surface area contributed by atoms with E-state index in [2.05, 4.69) is 25.5 Å². The van der Waals surface area contributed by atoms with E-state index in [9.17, 15) is 8.42 Å². The minimum atomic E-state index is -4.47. The fourth-order valence-electron chi connectivity index (χ4n) is 4.57. The zero-order valence-corrected chi connectivity index (χ0v) is 23.8. The lowest BCUT2D eigenvalue weighted by molar-refractivity contribution is 0.224. The third-order valence-electron chi connectivity index (χ3n) is 6.67. The Balaban J connectivity index is 1.71. The SMILES string of the molecule is COc1ccc(CN(c2ccncn2)S(=O)(=O)c2cc(Cl)c(N[C@@H]3CCNC[C@H]3N(C)C)cc2F)c(OC)c1. The van der Waals surface area contributed by atoms with Crippen molar-refractivity contribution in [1.29, 1.82) is 0 Å². The van der Waals surface area contributed by atoms with Crippen molar-refractivity contribution >= 4 is 33.1 Å². The van der Waals surface area contributed by atoms with E-state index in [0.717, 1.165) is 35.9 Å². The first kappa shape index (κ1) is 28.8. The van der Waals surface area contributed by atoms with Crippen LogP contribution in [0.25, 0.3) is 0 Å². The summed E-state index contributed by atoms with van der Waals surface area (Å²) in [4.78, 5) is 9.51. The summed E-state index contributed by atoms with van der Waals surface area (Å²) in [6.07, 6.45) is 3.43. The van der Waals surface area contributed by atoms with E-state index >= 15 is 4.39 Å². The van der Waals surface area contributed by atoms with Crippen LogP contribution < -0.4 is 24.4 Å². The topological polar surface area (TPSA) is 109 Å². The van der Waals surface area contributed by atoms with Crippen molar-refractivity contribution in [2.45, 2.75) is 29.9 Å². The maximum atomic E-state index is 15.6. The molecule has 4 rings (SSSR count). The van der Waals surface area contributed by atoms with E-state index in [1.54, 1.807) is 18.2 Å². The highest BCUT2D eigenvalue weighted by molar-refractivity contribution is 7.92. The minimum Gasteiger partial charge on any atom is -0.497 e. The van der Waals surface area contributed by atoms with Gasteiger partial charge in [0.25, 0.3) is 10.0 Å². The average Bonchev–Trinajstić information content (AvgIpc) is 2.93. The van der Waals surface area contributed by atoms with Crippen LogP contribution in [-0.4, -0.2) is 76.8 Å². The van der Waals surface area contributed by atoms with Gasteiger partial charge >= 0.3 is 0 Å². The molecule has 0 aliphatic carbocycles. The summed E-state index contributed by atoms with van der Waals surface area (Å²) >= 11 is 6.55. The van der Waals surface area contributed by atoms with Crippen LogP contribution in [0, 0.1) is 5.82 Å². The molecule has 2 atom stereocenters. The van der Waals surface area contributed by atoms with Crippen LogP contribution in [0.5, 0.6) is 11.5 Å². The number of aromatic nitrogens is 2. The van der Waals surface area contributed by atoms with E-state index in [0.29, 0.717) is 22.7 Å². The second-order valence-electron chi connectivity index (χ2n) is 9.29. The molecule has 3 aromatic rings. The standard InChI is InChI=1S/C26H32ClFN6O4S/c1-33(2)23-14-29-9-7-21(23)32-22-13-20(28)25(12-19(22)27)39(35,36)34(26-8-10-30-16-31-26)15-17-5-6-18(37-3)11-24(17)38-4/h5-6,8,10-13,16,21,23,29,32H,7,9,14-15H2,1-4H3/t21-,23-/m1/s1. The number of piperidine rings is 1. The van der Waals surface area contributed by atoms with E-state index in [1.165, 1.54) is 32.8 Å². The first-order valence-electron chi connectivity index (χ1n) is 12.3. The number of nitrogens with zero attached hydrogens (tertiary/aromatic N) is 4. The van der Waals surface area contributed by atoms with Crippen molar-refractivity contribution < 1.29 is 22.3 Å². The van der Waals surface area contributed by atoms with Gasteiger partial charge in [-0.15, -0.1) is 0 Å². The Kier molecular flexibility index (Phi) is 9.11. The van der Waals surface area contributed by atoms with Crippen LogP contribution in [-0.2, 0) is 16.6 Å². The maximum Gasteiger partial charge on any atom is 0.268 e. The molecule has 0 saturated carbocycles. The quantitative estimate of drug-likeness (QED) is 0.374. The summed E-state index contributed by atoms with van der Waals surface area (Å²) in [6, 6.07) is 8.85. The van der Waals surface area contributed by atoms with Crippen LogP contribution in [0.3, 0.4) is 0 Å². The van der Waals surface area contributed by atoms with Crippen molar-refractivity contribution in [3.05, 3.63) is 65.3 Å². The number of halogens is 2. The van der Waals surface area contributed by atoms with Crippen molar-refractivity contribution in [1.82, 2.24) is 20.2 Å². The molecule has 0 amide bonds. The molecule has 0 radical (unpaired) electrons. The zero-order chi connectivity index (χ0) is 28.2. The smallest absolute Gasteiger partial charge is 0.268 e. The Bertz CT molecular complexity index is 1400. The summed E-state index contributed by atoms with van der Waals surface area (Å²) in [6.45, 7) is 1.38. The number of ether oxygens (including phenoxy) is 2. The van der Waals surface area contributed by atoms with Gasteiger partial charge in [0.2, 0.25) is 0 Å². The number of rotatable bonds is 10. The molecule has 2 heterocycles. The predicted octanol–water partition coefficient (Wildman–Crippen LogP) is 3.39. The van der Waals surface area contributed by atoms with Gasteiger partial charge in [-0.25, -0.2) is 27.1 Å². The third kappa shape index (κ3) is 6.35. The molecular weight excluding hydrogens is 547 g/mol. The number of benzene rings is 2. The predicted molar refractivity (Wildman–Crippen MR) is 149 cm³/mol. The van der Waals surface area contributed by atoms with Crippen molar-refractivity contribution in [2.24, 2.45) is 0 Å². The highest BCUT2D eigenvalue weighted by atomic mass is 35.5. The molecule has 0 bridgehead atoms. The molecule has 1 aliphatic heterocycles. The van der Waals surface area contributed by atoms with Crippen LogP contribution in [0.1, 0.15) is 12.0 Å². The number of sulfonamides is 1. The van der Waals surface area contributed by atoms with Gasteiger partial charge in [0.05, 0.1) is 31.5 Å². The van der Waals surface area contributed by atoms with Crippen LogP contribution in [0.4, 0.5) is 15.9 Å². The average molecular weight is 579 g/mol. The van der Waals surface area contributed by atoms with Crippen LogP contribution >= 0.6 is 11.6 Å². The number of hydrogen-bond donors (Lipinski definition) is 2. The summed E-state index contributed by atoms with van der Waals surface area (Å²) in [5.74, 6) is 0.0689. The minimum absolute atomic E-state index is 0.000612. The normalized spacial score (nSPS) is 17.6. The summed E-state index contributed by atoms with van der Waals surface area (Å²) in [5, 5.41) is 6.76. The lowest BCUT2D eigenvalue weighted by atomic mass is 9.99. The molecular formula is C26H32ClFN6O4S. The Morgan fingerprint density at radius 3 is 2.64 bits per heavy atom. The Labute approximate surface area is 233 Å². The van der Waals surface area contributed by atoms with Gasteiger partial charge < -0.3 is 25.0 Å².